The maximum absolute atomic E-state index is 11.6. The molecule has 0 saturated carbocycles. The number of carbonyl (C=O) groups excluding carboxylic acids is 1. The molecule has 8 nitrogen and oxygen atoms in total. The van der Waals surface area contributed by atoms with E-state index in [1.165, 1.54) is 7.11 Å². The molecule has 0 saturated heterocycles. The summed E-state index contributed by atoms with van der Waals surface area (Å²) in [4.78, 5) is 15.8. The molecule has 0 aliphatic rings. The third-order valence-electron chi connectivity index (χ3n) is 2.92. The first kappa shape index (κ1) is 14.5. The number of hydrogen-bond donors (Lipinski definition) is 1. The van der Waals surface area contributed by atoms with E-state index in [-0.39, 0.29) is 5.69 Å². The molecule has 0 spiro atoms. The Morgan fingerprint density at radius 2 is 2.30 bits per heavy atom. The third kappa shape index (κ3) is 2.66. The van der Waals surface area contributed by atoms with Crippen LogP contribution in [0.3, 0.4) is 0 Å². The Kier molecular flexibility index (Phi) is 4.35. The first-order chi connectivity index (χ1) is 9.58. The van der Waals surface area contributed by atoms with Crippen molar-refractivity contribution >= 4 is 17.6 Å². The quantitative estimate of drug-likeness (QED) is 0.780. The molecule has 2 heterocycles. The Hall–Kier alpha value is -1.93. The van der Waals surface area contributed by atoms with Crippen LogP contribution in [-0.2, 0) is 24.8 Å². The average molecular weight is 299 g/mol. The minimum Gasteiger partial charge on any atom is -0.464 e. The molecule has 0 fully saturated rings. The van der Waals surface area contributed by atoms with E-state index in [2.05, 4.69) is 20.0 Å². The monoisotopic (exact) mass is 298 g/mol. The smallest absolute Gasteiger partial charge is 0.360 e. The zero-order valence-electron chi connectivity index (χ0n) is 11.2. The number of nitrogens with zero attached hydrogens (tertiary/aromatic N) is 5. The highest BCUT2D eigenvalue weighted by Gasteiger charge is 2.20. The summed E-state index contributed by atoms with van der Waals surface area (Å²) >= 11 is 5.94. The number of aromatic nitrogens is 5. The average Bonchev–Trinajstić information content (AvgIpc) is 2.98. The van der Waals surface area contributed by atoms with Crippen LogP contribution >= 0.6 is 11.6 Å². The number of hydrogen-bond acceptors (Lipinski definition) is 6. The van der Waals surface area contributed by atoms with Crippen LogP contribution in [0.15, 0.2) is 6.20 Å². The van der Waals surface area contributed by atoms with Gasteiger partial charge in [-0.1, -0.05) is 16.8 Å². The van der Waals surface area contributed by atoms with Crippen LogP contribution in [0.4, 0.5) is 0 Å². The highest BCUT2D eigenvalue weighted by Crippen LogP contribution is 2.13. The van der Waals surface area contributed by atoms with Crippen LogP contribution in [0.1, 0.15) is 22.0 Å². The van der Waals surface area contributed by atoms with E-state index in [4.69, 9.17) is 17.3 Å². The molecule has 2 aromatic rings. The van der Waals surface area contributed by atoms with Gasteiger partial charge in [0.05, 0.1) is 19.0 Å². The summed E-state index contributed by atoms with van der Waals surface area (Å²) in [6, 6.07) is 0. The van der Waals surface area contributed by atoms with Crippen LogP contribution in [-0.4, -0.2) is 44.2 Å². The predicted octanol–water partition coefficient (Wildman–Crippen LogP) is 0.00110. The second-order valence-electron chi connectivity index (χ2n) is 4.13. The van der Waals surface area contributed by atoms with E-state index >= 15 is 0 Å². The summed E-state index contributed by atoms with van der Waals surface area (Å²) in [6.07, 6.45) is 2.02. The highest BCUT2D eigenvalue weighted by atomic mass is 35.5. The molecule has 0 amide bonds. The molecule has 0 bridgehead atoms. The normalized spacial score (nSPS) is 10.8. The molecule has 20 heavy (non-hydrogen) atoms. The van der Waals surface area contributed by atoms with E-state index in [1.54, 1.807) is 22.5 Å². The van der Waals surface area contributed by atoms with Gasteiger partial charge in [-0.05, 0) is 6.54 Å². The van der Waals surface area contributed by atoms with E-state index in [0.717, 1.165) is 0 Å². The van der Waals surface area contributed by atoms with Crippen LogP contribution in [0.25, 0.3) is 0 Å². The minimum atomic E-state index is -0.530. The lowest BCUT2D eigenvalue weighted by atomic mass is 10.2. The number of rotatable bonds is 5. The lowest BCUT2D eigenvalue weighted by Gasteiger charge is -2.07. The van der Waals surface area contributed by atoms with Crippen LogP contribution in [0, 0.1) is 0 Å². The summed E-state index contributed by atoms with van der Waals surface area (Å²) < 4.78 is 7.99. The lowest BCUT2D eigenvalue weighted by Crippen LogP contribution is -2.16. The number of nitrogens with two attached hydrogens (primary N) is 1. The standard InChI is InChI=1S/C11H15ClN6O2/c1-17-8(12)5-14-9(17)6-18-7(3-4-13)10(15-16-18)11(19)20-2/h5H,3-4,6,13H2,1-2H3. The lowest BCUT2D eigenvalue weighted by molar-refractivity contribution is 0.0592. The zero-order valence-corrected chi connectivity index (χ0v) is 12.0. The highest BCUT2D eigenvalue weighted by molar-refractivity contribution is 6.29. The topological polar surface area (TPSA) is 101 Å². The number of halogens is 1. The van der Waals surface area contributed by atoms with Gasteiger partial charge < -0.3 is 15.0 Å². The Bertz CT molecular complexity index is 620. The van der Waals surface area contributed by atoms with Crippen molar-refractivity contribution in [2.45, 2.75) is 13.0 Å². The van der Waals surface area contributed by atoms with Gasteiger partial charge in [-0.15, -0.1) is 5.10 Å². The van der Waals surface area contributed by atoms with Gasteiger partial charge in [-0.2, -0.15) is 0 Å². The summed E-state index contributed by atoms with van der Waals surface area (Å²) in [5, 5.41) is 8.34. The van der Waals surface area contributed by atoms with Crippen LogP contribution < -0.4 is 5.73 Å². The molecule has 9 heteroatoms. The first-order valence-electron chi connectivity index (χ1n) is 5.95. The Morgan fingerprint density at radius 1 is 1.55 bits per heavy atom. The molecule has 108 valence electrons. The number of carbonyl (C=O) groups is 1. The Morgan fingerprint density at radius 3 is 2.85 bits per heavy atom. The zero-order chi connectivity index (χ0) is 14.7. The molecule has 0 aliphatic heterocycles. The summed E-state index contributed by atoms with van der Waals surface area (Å²) in [6.45, 7) is 0.723. The third-order valence-corrected chi connectivity index (χ3v) is 3.27. The molecular formula is C11H15ClN6O2. The van der Waals surface area contributed by atoms with Crippen molar-refractivity contribution in [3.05, 3.63) is 28.6 Å². The fourth-order valence-electron chi connectivity index (χ4n) is 1.80. The van der Waals surface area contributed by atoms with E-state index in [9.17, 15) is 4.79 Å². The molecule has 0 unspecified atom stereocenters. The maximum atomic E-state index is 11.6. The van der Waals surface area contributed by atoms with Gasteiger partial charge in [-0.25, -0.2) is 14.5 Å². The first-order valence-corrected chi connectivity index (χ1v) is 6.33. The summed E-state index contributed by atoms with van der Waals surface area (Å²) in [5.74, 6) is 0.173. The molecule has 0 aromatic carbocycles. The molecule has 0 aliphatic carbocycles. The second-order valence-corrected chi connectivity index (χ2v) is 4.52. The molecule has 2 aromatic heterocycles. The van der Waals surface area contributed by atoms with Crippen molar-refractivity contribution in [1.82, 2.24) is 24.5 Å². The van der Waals surface area contributed by atoms with Gasteiger partial charge in [0.15, 0.2) is 5.69 Å². The SMILES string of the molecule is COC(=O)c1nnn(Cc2ncc(Cl)n2C)c1CCN. The maximum Gasteiger partial charge on any atom is 0.360 e. The predicted molar refractivity (Wildman–Crippen MR) is 71.4 cm³/mol. The van der Waals surface area contributed by atoms with Crippen molar-refractivity contribution in [2.24, 2.45) is 12.8 Å². The van der Waals surface area contributed by atoms with Gasteiger partial charge in [0.2, 0.25) is 0 Å². The summed E-state index contributed by atoms with van der Waals surface area (Å²) in [5.41, 5.74) is 6.37. The Labute approximate surface area is 120 Å². The van der Waals surface area contributed by atoms with Crippen molar-refractivity contribution < 1.29 is 9.53 Å². The minimum absolute atomic E-state index is 0.179. The molecular weight excluding hydrogens is 284 g/mol. The van der Waals surface area contributed by atoms with E-state index in [1.807, 2.05) is 0 Å². The van der Waals surface area contributed by atoms with Crippen LogP contribution in [0.5, 0.6) is 0 Å². The number of esters is 1. The number of methoxy groups -OCH3 is 1. The Balaban J connectivity index is 2.34. The fraction of sp³-hybridized carbons (Fsp3) is 0.455. The van der Waals surface area contributed by atoms with E-state index < -0.39 is 5.97 Å². The summed E-state index contributed by atoms with van der Waals surface area (Å²) in [7, 11) is 3.09. The number of ether oxygens (including phenoxy) is 1. The van der Waals surface area contributed by atoms with Gasteiger partial charge in [0, 0.05) is 13.5 Å². The number of imidazole rings is 1. The van der Waals surface area contributed by atoms with Crippen molar-refractivity contribution in [3.63, 3.8) is 0 Å². The fourth-order valence-corrected chi connectivity index (χ4v) is 1.95. The van der Waals surface area contributed by atoms with Gasteiger partial charge in [0.25, 0.3) is 0 Å². The van der Waals surface area contributed by atoms with Gasteiger partial charge in [-0.3, -0.25) is 0 Å². The van der Waals surface area contributed by atoms with Crippen LogP contribution in [0.2, 0.25) is 5.15 Å². The molecule has 2 rings (SSSR count). The molecule has 2 N–H and O–H groups in total. The van der Waals surface area contributed by atoms with Crippen molar-refractivity contribution in [1.29, 1.82) is 0 Å². The van der Waals surface area contributed by atoms with Gasteiger partial charge in [0.1, 0.15) is 17.5 Å². The molecule has 0 radical (unpaired) electrons. The van der Waals surface area contributed by atoms with E-state index in [0.29, 0.717) is 36.2 Å². The van der Waals surface area contributed by atoms with Crippen molar-refractivity contribution in [2.75, 3.05) is 13.7 Å². The largest absolute Gasteiger partial charge is 0.464 e. The van der Waals surface area contributed by atoms with Gasteiger partial charge >= 0.3 is 5.97 Å². The second kappa shape index (κ2) is 6.02. The van der Waals surface area contributed by atoms with Crippen molar-refractivity contribution in [3.8, 4) is 0 Å². The molecule has 0 atom stereocenters.